The number of rotatable bonds is 3. The number of nitriles is 1. The molecular formula is C17H21ClFNO. The van der Waals surface area contributed by atoms with Crippen LogP contribution < -0.4 is 0 Å². The van der Waals surface area contributed by atoms with Gasteiger partial charge in [-0.1, -0.05) is 31.5 Å². The van der Waals surface area contributed by atoms with Gasteiger partial charge in [-0.05, 0) is 49.7 Å². The van der Waals surface area contributed by atoms with Crippen molar-refractivity contribution in [1.82, 2.24) is 0 Å². The van der Waals surface area contributed by atoms with Crippen molar-refractivity contribution in [3.8, 4) is 6.07 Å². The molecule has 0 saturated heterocycles. The number of hydrogen-bond acceptors (Lipinski definition) is 2. The van der Waals surface area contributed by atoms with Crippen LogP contribution in [0, 0.1) is 34.4 Å². The molecule has 0 aromatic heterocycles. The van der Waals surface area contributed by atoms with Gasteiger partial charge in [0.2, 0.25) is 0 Å². The molecule has 114 valence electrons. The van der Waals surface area contributed by atoms with Crippen LogP contribution in [0.4, 0.5) is 4.39 Å². The van der Waals surface area contributed by atoms with E-state index in [1.807, 2.05) is 0 Å². The molecule has 1 N–H and O–H groups in total. The summed E-state index contributed by atoms with van der Waals surface area (Å²) in [5.41, 5.74) is -0.874. The third-order valence-electron chi connectivity index (χ3n) is 4.88. The first-order valence-corrected chi connectivity index (χ1v) is 7.82. The monoisotopic (exact) mass is 309 g/mol. The highest BCUT2D eigenvalue weighted by Crippen LogP contribution is 2.49. The molecular weight excluding hydrogens is 289 g/mol. The Bertz CT molecular complexity index is 524. The zero-order valence-corrected chi connectivity index (χ0v) is 13.2. The first-order chi connectivity index (χ1) is 9.91. The molecule has 0 spiro atoms. The number of halogens is 2. The van der Waals surface area contributed by atoms with Gasteiger partial charge in [0, 0.05) is 10.6 Å². The van der Waals surface area contributed by atoms with Crippen molar-refractivity contribution in [3.05, 3.63) is 34.6 Å². The summed E-state index contributed by atoms with van der Waals surface area (Å²) in [6.07, 6.45) is 1.75. The highest BCUT2D eigenvalue weighted by molar-refractivity contribution is 6.31. The van der Waals surface area contributed by atoms with Crippen LogP contribution in [0.25, 0.3) is 0 Å². The second-order valence-corrected chi connectivity index (χ2v) is 6.79. The number of aliphatic hydroxyl groups is 1. The summed E-state index contributed by atoms with van der Waals surface area (Å²) < 4.78 is 14.0. The third-order valence-corrected chi connectivity index (χ3v) is 5.21. The lowest BCUT2D eigenvalue weighted by molar-refractivity contribution is 0.0169. The molecule has 1 atom stereocenters. The van der Waals surface area contributed by atoms with Crippen LogP contribution >= 0.6 is 11.6 Å². The van der Waals surface area contributed by atoms with E-state index in [9.17, 15) is 14.8 Å². The van der Waals surface area contributed by atoms with Gasteiger partial charge < -0.3 is 5.11 Å². The summed E-state index contributed by atoms with van der Waals surface area (Å²) in [7, 11) is 0. The first-order valence-electron chi connectivity index (χ1n) is 7.44. The largest absolute Gasteiger partial charge is 0.387 e. The van der Waals surface area contributed by atoms with Crippen LogP contribution in [-0.2, 0) is 0 Å². The van der Waals surface area contributed by atoms with Gasteiger partial charge in [-0.15, -0.1) is 0 Å². The van der Waals surface area contributed by atoms with Crippen LogP contribution in [0.5, 0.6) is 0 Å². The van der Waals surface area contributed by atoms with E-state index in [2.05, 4.69) is 19.9 Å². The summed E-state index contributed by atoms with van der Waals surface area (Å²) in [5.74, 6) is 0.585. The fraction of sp³-hybridized carbons (Fsp3) is 0.588. The van der Waals surface area contributed by atoms with E-state index in [1.54, 1.807) is 6.07 Å². The lowest BCUT2D eigenvalue weighted by atomic mass is 9.65. The number of aliphatic hydroxyl groups excluding tert-OH is 1. The Morgan fingerprint density at radius 3 is 2.48 bits per heavy atom. The smallest absolute Gasteiger partial charge is 0.130 e. The van der Waals surface area contributed by atoms with Gasteiger partial charge in [-0.3, -0.25) is 0 Å². The molecule has 4 heteroatoms. The molecule has 1 fully saturated rings. The van der Waals surface area contributed by atoms with Crippen molar-refractivity contribution < 1.29 is 9.50 Å². The normalized spacial score (nSPS) is 27.4. The van der Waals surface area contributed by atoms with E-state index in [4.69, 9.17) is 11.6 Å². The van der Waals surface area contributed by atoms with Crippen molar-refractivity contribution in [2.45, 2.75) is 45.6 Å². The van der Waals surface area contributed by atoms with E-state index in [0.29, 0.717) is 24.7 Å². The average Bonchev–Trinajstić information content (AvgIpc) is 2.46. The molecule has 21 heavy (non-hydrogen) atoms. The van der Waals surface area contributed by atoms with Crippen LogP contribution in [0.2, 0.25) is 5.02 Å². The Hall–Kier alpha value is -1.11. The van der Waals surface area contributed by atoms with Crippen molar-refractivity contribution >= 4 is 11.6 Å². The second-order valence-electron chi connectivity index (χ2n) is 6.39. The van der Waals surface area contributed by atoms with E-state index in [0.717, 1.165) is 12.8 Å². The summed E-state index contributed by atoms with van der Waals surface area (Å²) >= 11 is 6.03. The third kappa shape index (κ3) is 3.07. The minimum atomic E-state index is -1.18. The molecule has 2 rings (SSSR count). The molecule has 0 bridgehead atoms. The summed E-state index contributed by atoms with van der Waals surface area (Å²) in [5, 5.41) is 20.4. The first kappa shape index (κ1) is 16.3. The summed E-state index contributed by atoms with van der Waals surface area (Å²) in [6.45, 7) is 4.35. The van der Waals surface area contributed by atoms with Crippen LogP contribution in [-0.4, -0.2) is 5.11 Å². The van der Waals surface area contributed by atoms with Gasteiger partial charge in [0.1, 0.15) is 11.9 Å². The maximum atomic E-state index is 14.0. The summed E-state index contributed by atoms with van der Waals surface area (Å²) in [6, 6.07) is 6.58. The van der Waals surface area contributed by atoms with Crippen LogP contribution in [0.15, 0.2) is 18.2 Å². The van der Waals surface area contributed by atoms with E-state index in [1.165, 1.54) is 12.1 Å². The highest BCUT2D eigenvalue weighted by Gasteiger charge is 2.44. The number of benzene rings is 1. The van der Waals surface area contributed by atoms with Gasteiger partial charge in [0.15, 0.2) is 0 Å². The van der Waals surface area contributed by atoms with Crippen molar-refractivity contribution in [1.29, 1.82) is 5.26 Å². The molecule has 2 nitrogen and oxygen atoms in total. The molecule has 1 aromatic rings. The molecule has 1 aliphatic rings. The topological polar surface area (TPSA) is 44.0 Å². The fourth-order valence-corrected chi connectivity index (χ4v) is 3.58. The highest BCUT2D eigenvalue weighted by atomic mass is 35.5. The maximum absolute atomic E-state index is 14.0. The van der Waals surface area contributed by atoms with Gasteiger partial charge in [0.05, 0.1) is 11.5 Å². The molecule has 1 unspecified atom stereocenters. The van der Waals surface area contributed by atoms with Gasteiger partial charge in [-0.2, -0.15) is 5.26 Å². The standard InChI is InChI=1S/C17H21ClFNO/c1-11(2)12-6-8-17(10-20,9-7-12)16(21)15-13(18)4-3-5-14(15)19/h3-5,11-12,16,21H,6-9H2,1-2H3. The van der Waals surface area contributed by atoms with E-state index < -0.39 is 17.3 Å². The Kier molecular flexibility index (Phi) is 4.91. The minimum absolute atomic E-state index is 0.0590. The Balaban J connectivity index is 2.28. The van der Waals surface area contributed by atoms with Gasteiger partial charge >= 0.3 is 0 Å². The minimum Gasteiger partial charge on any atom is -0.387 e. The predicted molar refractivity (Wildman–Crippen MR) is 81.2 cm³/mol. The van der Waals surface area contributed by atoms with Crippen LogP contribution in [0.1, 0.15) is 51.2 Å². The molecule has 1 aliphatic carbocycles. The number of hydrogen-bond donors (Lipinski definition) is 1. The second kappa shape index (κ2) is 6.34. The Morgan fingerprint density at radius 1 is 1.38 bits per heavy atom. The van der Waals surface area contributed by atoms with E-state index >= 15 is 0 Å². The molecule has 1 saturated carbocycles. The summed E-state index contributed by atoms with van der Waals surface area (Å²) in [4.78, 5) is 0. The van der Waals surface area contributed by atoms with Crippen LogP contribution in [0.3, 0.4) is 0 Å². The lowest BCUT2D eigenvalue weighted by Gasteiger charge is -2.39. The van der Waals surface area contributed by atoms with Gasteiger partial charge in [0.25, 0.3) is 0 Å². The van der Waals surface area contributed by atoms with Gasteiger partial charge in [-0.25, -0.2) is 4.39 Å². The fourth-order valence-electron chi connectivity index (χ4n) is 3.32. The maximum Gasteiger partial charge on any atom is 0.130 e. The molecule has 0 amide bonds. The quantitative estimate of drug-likeness (QED) is 0.865. The Labute approximate surface area is 130 Å². The zero-order valence-electron chi connectivity index (χ0n) is 12.4. The predicted octanol–water partition coefficient (Wildman–Crippen LogP) is 4.87. The zero-order chi connectivity index (χ0) is 15.6. The average molecular weight is 310 g/mol. The van der Waals surface area contributed by atoms with Crippen molar-refractivity contribution in [3.63, 3.8) is 0 Å². The van der Waals surface area contributed by atoms with Crippen molar-refractivity contribution in [2.24, 2.45) is 17.3 Å². The SMILES string of the molecule is CC(C)C1CCC(C#N)(C(O)c2c(F)cccc2Cl)CC1. The molecule has 0 radical (unpaired) electrons. The molecule has 0 aliphatic heterocycles. The Morgan fingerprint density at radius 2 is 2.00 bits per heavy atom. The lowest BCUT2D eigenvalue weighted by Crippen LogP contribution is -2.34. The molecule has 0 heterocycles. The van der Waals surface area contributed by atoms with E-state index in [-0.39, 0.29) is 10.6 Å². The van der Waals surface area contributed by atoms with Crippen molar-refractivity contribution in [2.75, 3.05) is 0 Å². The number of nitrogens with zero attached hydrogens (tertiary/aromatic N) is 1. The molecule has 1 aromatic carbocycles.